The molecule has 2 aromatic rings. The first-order chi connectivity index (χ1) is 11.5. The van der Waals surface area contributed by atoms with Gasteiger partial charge in [-0.3, -0.25) is 14.5 Å². The molecular weight excluding hydrogens is 302 g/mol. The van der Waals surface area contributed by atoms with Crippen LogP contribution in [-0.2, 0) is 11.2 Å². The van der Waals surface area contributed by atoms with Gasteiger partial charge in [-0.15, -0.1) is 0 Å². The van der Waals surface area contributed by atoms with Gasteiger partial charge in [0.2, 0.25) is 0 Å². The number of aromatic nitrogens is 2. The Morgan fingerprint density at radius 1 is 1.21 bits per heavy atom. The molecule has 0 amide bonds. The van der Waals surface area contributed by atoms with E-state index in [1.807, 2.05) is 13.0 Å². The van der Waals surface area contributed by atoms with Crippen LogP contribution in [0.4, 0.5) is 0 Å². The largest absolute Gasteiger partial charge is 0.319 e. The number of hydrogen-bond donors (Lipinski definition) is 1. The van der Waals surface area contributed by atoms with Crippen LogP contribution in [0.3, 0.4) is 0 Å². The summed E-state index contributed by atoms with van der Waals surface area (Å²) in [7, 11) is 0. The topological polar surface area (TPSA) is 66.1 Å². The number of nitrogens with one attached hydrogen (secondary N) is 1. The first-order valence-corrected chi connectivity index (χ1v) is 8.78. The normalized spacial score (nSPS) is 17.6. The molecular formula is C19H25N3O2. The van der Waals surface area contributed by atoms with Gasteiger partial charge >= 0.3 is 0 Å². The number of aromatic amines is 1. The van der Waals surface area contributed by atoms with Crippen LogP contribution < -0.4 is 5.56 Å². The van der Waals surface area contributed by atoms with Gasteiger partial charge in [-0.2, -0.15) is 0 Å². The lowest BCUT2D eigenvalue weighted by Crippen LogP contribution is -2.39. The molecule has 1 saturated heterocycles. The molecule has 5 heteroatoms. The fraction of sp³-hybridized carbons (Fsp3) is 0.526. The summed E-state index contributed by atoms with van der Waals surface area (Å²) < 4.78 is 0. The molecule has 128 valence electrons. The highest BCUT2D eigenvalue weighted by atomic mass is 16.1. The second-order valence-electron chi connectivity index (χ2n) is 6.91. The van der Waals surface area contributed by atoms with Gasteiger partial charge in [-0.05, 0) is 30.0 Å². The number of H-pyrrole nitrogens is 1. The molecule has 0 spiro atoms. The van der Waals surface area contributed by atoms with Crippen LogP contribution >= 0.6 is 0 Å². The maximum Gasteiger partial charge on any atom is 0.270 e. The minimum atomic E-state index is -0.104. The predicted octanol–water partition coefficient (Wildman–Crippen LogP) is 2.85. The molecule has 0 radical (unpaired) electrons. The molecule has 1 N–H and O–H groups in total. The molecule has 1 unspecified atom stereocenters. The number of ketones is 1. The van der Waals surface area contributed by atoms with E-state index in [2.05, 4.69) is 40.8 Å². The van der Waals surface area contributed by atoms with Crippen molar-refractivity contribution in [1.82, 2.24) is 14.9 Å². The maximum atomic E-state index is 11.9. The lowest BCUT2D eigenvalue weighted by molar-refractivity contribution is -0.122. The summed E-state index contributed by atoms with van der Waals surface area (Å²) in [6.45, 7) is 8.00. The van der Waals surface area contributed by atoms with Crippen molar-refractivity contribution in [3.8, 4) is 0 Å². The van der Waals surface area contributed by atoms with E-state index in [9.17, 15) is 9.59 Å². The summed E-state index contributed by atoms with van der Waals surface area (Å²) in [6, 6.07) is 6.38. The lowest BCUT2D eigenvalue weighted by atomic mass is 9.92. The smallest absolute Gasteiger partial charge is 0.270 e. The fourth-order valence-electron chi connectivity index (χ4n) is 3.63. The summed E-state index contributed by atoms with van der Waals surface area (Å²) in [5, 5.41) is 0. The molecule has 24 heavy (non-hydrogen) atoms. The standard InChI is InChI=1S/C19H25N3O2/c1-4-15-19(24)21-16-6-5-13(11-17(16)20-15)18(12(2)3)22-9-7-14(23)8-10-22/h5-6,11-12,18H,4,7-10H2,1-3H3,(H,21,24). The number of Topliss-reactive ketones (excluding diaryl/α,β-unsaturated/α-hetero) is 1. The summed E-state index contributed by atoms with van der Waals surface area (Å²) in [6.07, 6.45) is 1.90. The molecule has 1 aromatic heterocycles. The van der Waals surface area contributed by atoms with Crippen LogP contribution in [0.25, 0.3) is 11.0 Å². The van der Waals surface area contributed by atoms with Crippen LogP contribution in [0.2, 0.25) is 0 Å². The van der Waals surface area contributed by atoms with Crippen molar-refractivity contribution in [3.05, 3.63) is 39.8 Å². The van der Waals surface area contributed by atoms with E-state index in [0.717, 1.165) is 24.1 Å². The Morgan fingerprint density at radius 3 is 2.54 bits per heavy atom. The van der Waals surface area contributed by atoms with Gasteiger partial charge in [0.1, 0.15) is 11.5 Å². The third-order valence-corrected chi connectivity index (χ3v) is 4.84. The van der Waals surface area contributed by atoms with E-state index >= 15 is 0 Å². The number of hydrogen-bond acceptors (Lipinski definition) is 4. The quantitative estimate of drug-likeness (QED) is 0.938. The van der Waals surface area contributed by atoms with Crippen molar-refractivity contribution < 1.29 is 4.79 Å². The van der Waals surface area contributed by atoms with E-state index in [-0.39, 0.29) is 11.6 Å². The molecule has 5 nitrogen and oxygen atoms in total. The van der Waals surface area contributed by atoms with Crippen molar-refractivity contribution in [2.24, 2.45) is 5.92 Å². The zero-order valence-electron chi connectivity index (χ0n) is 14.6. The van der Waals surface area contributed by atoms with Crippen LogP contribution in [0, 0.1) is 5.92 Å². The van der Waals surface area contributed by atoms with Crippen LogP contribution in [0.5, 0.6) is 0 Å². The van der Waals surface area contributed by atoms with Crippen LogP contribution in [0.1, 0.15) is 50.9 Å². The zero-order valence-corrected chi connectivity index (χ0v) is 14.6. The molecule has 1 aliphatic heterocycles. The Bertz CT molecular complexity index is 800. The summed E-state index contributed by atoms with van der Waals surface area (Å²) in [5.41, 5.74) is 3.28. The average molecular weight is 327 g/mol. The van der Waals surface area contributed by atoms with Crippen molar-refractivity contribution in [2.75, 3.05) is 13.1 Å². The van der Waals surface area contributed by atoms with Gasteiger partial charge < -0.3 is 4.98 Å². The average Bonchev–Trinajstić information content (AvgIpc) is 2.56. The van der Waals surface area contributed by atoms with Crippen molar-refractivity contribution in [3.63, 3.8) is 0 Å². The second-order valence-corrected chi connectivity index (χ2v) is 6.91. The van der Waals surface area contributed by atoms with Gasteiger partial charge in [0.15, 0.2) is 0 Å². The van der Waals surface area contributed by atoms with Gasteiger partial charge in [0.05, 0.1) is 11.0 Å². The molecule has 1 aliphatic rings. The van der Waals surface area contributed by atoms with E-state index < -0.39 is 0 Å². The second kappa shape index (κ2) is 6.85. The van der Waals surface area contributed by atoms with Gasteiger partial charge in [-0.25, -0.2) is 4.98 Å². The van der Waals surface area contributed by atoms with E-state index in [1.54, 1.807) is 0 Å². The van der Waals surface area contributed by atoms with Crippen LogP contribution in [0.15, 0.2) is 23.0 Å². The first-order valence-electron chi connectivity index (χ1n) is 8.78. The third-order valence-electron chi connectivity index (χ3n) is 4.84. The fourth-order valence-corrected chi connectivity index (χ4v) is 3.63. The zero-order chi connectivity index (χ0) is 17.3. The number of fused-ring (bicyclic) bond motifs is 1. The monoisotopic (exact) mass is 327 g/mol. The molecule has 0 bridgehead atoms. The van der Waals surface area contributed by atoms with Crippen molar-refractivity contribution in [1.29, 1.82) is 0 Å². The number of piperidine rings is 1. The molecule has 3 rings (SSSR count). The molecule has 0 saturated carbocycles. The highest BCUT2D eigenvalue weighted by Crippen LogP contribution is 2.31. The Hall–Kier alpha value is -2.01. The number of nitrogens with zero attached hydrogens (tertiary/aromatic N) is 2. The number of rotatable bonds is 4. The molecule has 1 atom stereocenters. The third kappa shape index (κ3) is 3.26. The highest BCUT2D eigenvalue weighted by molar-refractivity contribution is 5.79. The molecule has 1 fully saturated rings. The Kier molecular flexibility index (Phi) is 4.81. The van der Waals surface area contributed by atoms with Gasteiger partial charge in [0.25, 0.3) is 5.56 Å². The summed E-state index contributed by atoms with van der Waals surface area (Å²) in [5.74, 6) is 0.795. The minimum absolute atomic E-state index is 0.104. The van der Waals surface area contributed by atoms with E-state index in [1.165, 1.54) is 5.56 Å². The number of carbonyl (C=O) groups excluding carboxylic acids is 1. The van der Waals surface area contributed by atoms with Gasteiger partial charge in [0, 0.05) is 32.0 Å². The summed E-state index contributed by atoms with van der Waals surface area (Å²) in [4.78, 5) is 33.3. The van der Waals surface area contributed by atoms with Gasteiger partial charge in [-0.1, -0.05) is 26.8 Å². The maximum absolute atomic E-state index is 11.9. The number of aryl methyl sites for hydroxylation is 1. The Balaban J connectivity index is 2.00. The lowest BCUT2D eigenvalue weighted by Gasteiger charge is -2.37. The summed E-state index contributed by atoms with van der Waals surface area (Å²) >= 11 is 0. The van der Waals surface area contributed by atoms with Crippen molar-refractivity contribution >= 4 is 16.8 Å². The molecule has 2 heterocycles. The Morgan fingerprint density at radius 2 is 1.92 bits per heavy atom. The minimum Gasteiger partial charge on any atom is -0.319 e. The Labute approximate surface area is 142 Å². The predicted molar refractivity (Wildman–Crippen MR) is 95.1 cm³/mol. The highest BCUT2D eigenvalue weighted by Gasteiger charge is 2.27. The number of benzene rings is 1. The van der Waals surface area contributed by atoms with E-state index in [4.69, 9.17) is 0 Å². The number of carbonyl (C=O) groups is 1. The van der Waals surface area contributed by atoms with E-state index in [0.29, 0.717) is 36.7 Å². The first kappa shape index (κ1) is 16.8. The van der Waals surface area contributed by atoms with Crippen molar-refractivity contribution in [2.45, 2.75) is 46.1 Å². The SMILES string of the molecule is CCc1nc2cc(C(C(C)C)N3CCC(=O)CC3)ccc2[nH]c1=O. The molecule has 0 aliphatic carbocycles. The van der Waals surface area contributed by atoms with Crippen LogP contribution in [-0.4, -0.2) is 33.7 Å². The molecule has 1 aromatic carbocycles. The number of likely N-dealkylation sites (tertiary alicyclic amines) is 1.